The van der Waals surface area contributed by atoms with Crippen molar-refractivity contribution >= 4 is 28.2 Å². The molecular formula is C12H22N4O3S. The summed E-state index contributed by atoms with van der Waals surface area (Å²) in [4.78, 5) is 16.6. The fraction of sp³-hybridized carbons (Fsp3) is 0.667. The highest BCUT2D eigenvalue weighted by Crippen LogP contribution is 2.24. The lowest BCUT2D eigenvalue weighted by Crippen LogP contribution is -2.32. The highest BCUT2D eigenvalue weighted by molar-refractivity contribution is 7.18. The Morgan fingerprint density at radius 2 is 2.35 bits per heavy atom. The molecule has 0 aliphatic rings. The van der Waals surface area contributed by atoms with Gasteiger partial charge in [0.25, 0.3) is 5.91 Å². The van der Waals surface area contributed by atoms with E-state index < -0.39 is 0 Å². The number of nitrogen functional groups attached to an aromatic ring is 1. The number of thiazole rings is 1. The van der Waals surface area contributed by atoms with Gasteiger partial charge in [0.2, 0.25) is 0 Å². The number of methoxy groups -OCH3 is 1. The third-order valence-corrected chi connectivity index (χ3v) is 3.64. The van der Waals surface area contributed by atoms with Crippen molar-refractivity contribution in [1.82, 2.24) is 10.3 Å². The zero-order valence-electron chi connectivity index (χ0n) is 11.8. The Morgan fingerprint density at radius 3 is 3.00 bits per heavy atom. The van der Waals surface area contributed by atoms with Crippen LogP contribution in [0.2, 0.25) is 0 Å². The van der Waals surface area contributed by atoms with Gasteiger partial charge in [-0.25, -0.2) is 4.98 Å². The second-order valence-corrected chi connectivity index (χ2v) is 5.39. The van der Waals surface area contributed by atoms with Gasteiger partial charge < -0.3 is 26.2 Å². The molecular weight excluding hydrogens is 280 g/mol. The van der Waals surface area contributed by atoms with Crippen LogP contribution in [0.3, 0.4) is 0 Å². The zero-order valence-corrected chi connectivity index (χ0v) is 12.6. The molecule has 8 heteroatoms. The molecule has 114 valence electrons. The minimum Gasteiger partial charge on any atom is -0.396 e. The van der Waals surface area contributed by atoms with E-state index in [-0.39, 0.29) is 24.4 Å². The van der Waals surface area contributed by atoms with Crippen LogP contribution >= 0.6 is 11.3 Å². The van der Waals surface area contributed by atoms with E-state index in [2.05, 4.69) is 15.6 Å². The summed E-state index contributed by atoms with van der Waals surface area (Å²) in [5.74, 6) is -0.00740. The van der Waals surface area contributed by atoms with Gasteiger partial charge in [0, 0.05) is 26.3 Å². The minimum atomic E-state index is -0.231. The van der Waals surface area contributed by atoms with Crippen LogP contribution < -0.4 is 16.4 Å². The number of ether oxygens (including phenoxy) is 1. The van der Waals surface area contributed by atoms with Crippen LogP contribution in [0.5, 0.6) is 0 Å². The monoisotopic (exact) mass is 302 g/mol. The number of anilines is 2. The lowest BCUT2D eigenvalue weighted by Gasteiger charge is -2.12. The van der Waals surface area contributed by atoms with Crippen LogP contribution in [0.1, 0.15) is 29.4 Å². The van der Waals surface area contributed by atoms with E-state index in [1.165, 1.54) is 11.3 Å². The number of nitrogens with zero attached hydrogens (tertiary/aromatic N) is 1. The van der Waals surface area contributed by atoms with E-state index in [1.54, 1.807) is 7.11 Å². The van der Waals surface area contributed by atoms with Crippen LogP contribution in [-0.2, 0) is 4.74 Å². The molecule has 0 aliphatic carbocycles. The molecule has 0 saturated carbocycles. The molecule has 1 aromatic heterocycles. The largest absolute Gasteiger partial charge is 0.396 e. The number of carbonyl (C=O) groups excluding carboxylic acids is 1. The molecule has 1 aromatic rings. The number of hydrogen-bond acceptors (Lipinski definition) is 7. The molecule has 0 spiro atoms. The number of aliphatic hydroxyl groups excluding tert-OH is 1. The number of rotatable bonds is 9. The van der Waals surface area contributed by atoms with Crippen molar-refractivity contribution in [2.45, 2.75) is 25.8 Å². The van der Waals surface area contributed by atoms with Gasteiger partial charge in [0.1, 0.15) is 10.7 Å². The Bertz CT molecular complexity index is 425. The maximum absolute atomic E-state index is 12.0. The van der Waals surface area contributed by atoms with Crippen LogP contribution in [-0.4, -0.2) is 48.9 Å². The van der Waals surface area contributed by atoms with E-state index in [4.69, 9.17) is 15.6 Å². The Labute approximate surface area is 122 Å². The van der Waals surface area contributed by atoms with Crippen molar-refractivity contribution in [3.8, 4) is 0 Å². The van der Waals surface area contributed by atoms with E-state index in [9.17, 15) is 4.79 Å². The predicted molar refractivity (Wildman–Crippen MR) is 80.1 cm³/mol. The Balaban J connectivity index is 2.54. The first-order valence-corrected chi connectivity index (χ1v) is 7.31. The van der Waals surface area contributed by atoms with Gasteiger partial charge in [0.15, 0.2) is 5.13 Å². The number of amides is 1. The van der Waals surface area contributed by atoms with Crippen molar-refractivity contribution in [2.75, 3.05) is 37.9 Å². The highest BCUT2D eigenvalue weighted by Gasteiger charge is 2.17. The Hall–Kier alpha value is -1.38. The molecule has 20 heavy (non-hydrogen) atoms. The number of hydrogen-bond donors (Lipinski definition) is 4. The molecule has 0 aromatic carbocycles. The van der Waals surface area contributed by atoms with Crippen LogP contribution in [0, 0.1) is 0 Å². The number of aliphatic hydroxyl groups is 1. The van der Waals surface area contributed by atoms with Crippen molar-refractivity contribution in [1.29, 1.82) is 0 Å². The third kappa shape index (κ3) is 5.32. The third-order valence-electron chi connectivity index (χ3n) is 2.61. The topological polar surface area (TPSA) is 110 Å². The van der Waals surface area contributed by atoms with Crippen LogP contribution in [0.25, 0.3) is 0 Å². The molecule has 7 nitrogen and oxygen atoms in total. The summed E-state index contributed by atoms with van der Waals surface area (Å²) in [6.07, 6.45) is 1.38. The highest BCUT2D eigenvalue weighted by atomic mass is 32.1. The van der Waals surface area contributed by atoms with E-state index in [0.717, 1.165) is 6.42 Å². The number of nitrogens with two attached hydrogens (primary N) is 1. The molecule has 0 saturated heterocycles. The normalized spacial score (nSPS) is 12.2. The van der Waals surface area contributed by atoms with Crippen LogP contribution in [0.4, 0.5) is 10.9 Å². The molecule has 0 bridgehead atoms. The van der Waals surface area contributed by atoms with Crippen molar-refractivity contribution in [3.63, 3.8) is 0 Å². The average Bonchev–Trinajstić information content (AvgIpc) is 2.78. The maximum atomic E-state index is 12.0. The minimum absolute atomic E-state index is 0.0129. The first-order chi connectivity index (χ1) is 9.58. The second-order valence-electron chi connectivity index (χ2n) is 4.39. The fourth-order valence-corrected chi connectivity index (χ4v) is 2.40. The van der Waals surface area contributed by atoms with Gasteiger partial charge in [-0.2, -0.15) is 0 Å². The SMILES string of the molecule is COCCNc1nc(N)c(C(=O)NC(C)CCCO)s1. The van der Waals surface area contributed by atoms with Gasteiger partial charge in [-0.1, -0.05) is 11.3 Å². The molecule has 0 radical (unpaired) electrons. The molecule has 1 unspecified atom stereocenters. The maximum Gasteiger partial charge on any atom is 0.265 e. The molecule has 0 fully saturated rings. The first-order valence-electron chi connectivity index (χ1n) is 6.49. The molecule has 0 aliphatic heterocycles. The quantitative estimate of drug-likeness (QED) is 0.499. The van der Waals surface area contributed by atoms with Gasteiger partial charge in [-0.15, -0.1) is 0 Å². The van der Waals surface area contributed by atoms with Gasteiger partial charge in [-0.05, 0) is 19.8 Å². The van der Waals surface area contributed by atoms with Crippen molar-refractivity contribution < 1.29 is 14.6 Å². The molecule has 1 heterocycles. The second kappa shape index (κ2) is 8.72. The summed E-state index contributed by atoms with van der Waals surface area (Å²) in [6.45, 7) is 3.18. The summed E-state index contributed by atoms with van der Waals surface area (Å²) < 4.78 is 4.92. The lowest BCUT2D eigenvalue weighted by atomic mass is 10.2. The molecule has 1 amide bonds. The summed E-state index contributed by atoms with van der Waals surface area (Å²) in [5, 5.41) is 15.2. The number of nitrogens with one attached hydrogen (secondary N) is 2. The molecule has 1 atom stereocenters. The summed E-state index contributed by atoms with van der Waals surface area (Å²) in [7, 11) is 1.62. The van der Waals surface area contributed by atoms with E-state index >= 15 is 0 Å². The summed E-state index contributed by atoms with van der Waals surface area (Å²) in [6, 6.07) is -0.0129. The standard InChI is InChI=1S/C12H22N4O3S/c1-8(4-3-6-17)15-11(18)9-10(13)16-12(20-9)14-5-7-19-2/h8,17H,3-7,13H2,1-2H3,(H,14,16)(H,15,18). The Morgan fingerprint density at radius 1 is 1.60 bits per heavy atom. The first kappa shape index (κ1) is 16.7. The molecule has 5 N–H and O–H groups in total. The number of aromatic nitrogens is 1. The summed E-state index contributed by atoms with van der Waals surface area (Å²) >= 11 is 1.22. The van der Waals surface area contributed by atoms with Gasteiger partial charge in [-0.3, -0.25) is 4.79 Å². The van der Waals surface area contributed by atoms with E-state index in [1.807, 2.05) is 6.92 Å². The fourth-order valence-electron chi connectivity index (χ4n) is 1.59. The van der Waals surface area contributed by atoms with Crippen molar-refractivity contribution in [2.24, 2.45) is 0 Å². The zero-order chi connectivity index (χ0) is 15.0. The lowest BCUT2D eigenvalue weighted by molar-refractivity contribution is 0.0941. The predicted octanol–water partition coefficient (Wildman–Crippen LogP) is 0.674. The van der Waals surface area contributed by atoms with Gasteiger partial charge >= 0.3 is 0 Å². The van der Waals surface area contributed by atoms with Crippen LogP contribution in [0.15, 0.2) is 0 Å². The van der Waals surface area contributed by atoms with E-state index in [0.29, 0.717) is 29.6 Å². The van der Waals surface area contributed by atoms with Gasteiger partial charge in [0.05, 0.1) is 6.61 Å². The summed E-state index contributed by atoms with van der Waals surface area (Å²) in [5.41, 5.74) is 5.75. The molecule has 1 rings (SSSR count). The van der Waals surface area contributed by atoms with Crippen molar-refractivity contribution in [3.05, 3.63) is 4.88 Å². The smallest absolute Gasteiger partial charge is 0.265 e. The Kier molecular flexibility index (Phi) is 7.27. The number of carbonyl (C=O) groups is 1. The average molecular weight is 302 g/mol.